The van der Waals surface area contributed by atoms with Crippen molar-refractivity contribution < 1.29 is 4.79 Å². The lowest BCUT2D eigenvalue weighted by Gasteiger charge is -2.42. The number of amides is 1. The topological polar surface area (TPSA) is 47.9 Å². The van der Waals surface area contributed by atoms with Crippen LogP contribution >= 0.6 is 0 Å². The van der Waals surface area contributed by atoms with Gasteiger partial charge in [0.25, 0.3) is 0 Å². The van der Waals surface area contributed by atoms with Gasteiger partial charge >= 0.3 is 0 Å². The molecule has 1 aliphatic rings. The summed E-state index contributed by atoms with van der Waals surface area (Å²) in [6.07, 6.45) is 6.01. The van der Waals surface area contributed by atoms with Crippen LogP contribution in [0.5, 0.6) is 0 Å². The standard InChI is InChI=1S/C17H34N4O/c1-6-9-17(3)10-8-12-21(14-17)16(18-11-7-2)19-13-15(22)20(4)5/h6-14H2,1-5H3,(H,18,19). The molecule has 1 rings (SSSR count). The van der Waals surface area contributed by atoms with E-state index in [1.54, 1.807) is 19.0 Å². The number of likely N-dealkylation sites (N-methyl/N-ethyl adjacent to an activating group) is 1. The lowest BCUT2D eigenvalue weighted by molar-refractivity contribution is -0.127. The van der Waals surface area contributed by atoms with Gasteiger partial charge in [0.2, 0.25) is 5.91 Å². The predicted octanol–water partition coefficient (Wildman–Crippen LogP) is 2.33. The van der Waals surface area contributed by atoms with Gasteiger partial charge in [0, 0.05) is 33.7 Å². The van der Waals surface area contributed by atoms with E-state index in [-0.39, 0.29) is 12.5 Å². The zero-order valence-corrected chi connectivity index (χ0v) is 15.1. The third-order valence-electron chi connectivity index (χ3n) is 4.33. The van der Waals surface area contributed by atoms with Crippen LogP contribution in [-0.4, -0.2) is 61.9 Å². The zero-order chi connectivity index (χ0) is 16.6. The Morgan fingerprint density at radius 2 is 2.05 bits per heavy atom. The Labute approximate surface area is 136 Å². The molecule has 0 aromatic rings. The largest absolute Gasteiger partial charge is 0.356 e. The van der Waals surface area contributed by atoms with E-state index in [0.717, 1.165) is 32.0 Å². The monoisotopic (exact) mass is 310 g/mol. The molecule has 1 aliphatic heterocycles. The molecule has 0 spiro atoms. The van der Waals surface area contributed by atoms with Crippen molar-refractivity contribution in [3.8, 4) is 0 Å². The minimum absolute atomic E-state index is 0.0455. The first kappa shape index (κ1) is 18.8. The number of likely N-dealkylation sites (tertiary alicyclic amines) is 1. The van der Waals surface area contributed by atoms with Crippen LogP contribution in [0.1, 0.15) is 52.9 Å². The summed E-state index contributed by atoms with van der Waals surface area (Å²) in [6.45, 7) is 9.97. The first-order chi connectivity index (χ1) is 10.4. The lowest BCUT2D eigenvalue weighted by atomic mass is 9.78. The van der Waals surface area contributed by atoms with Crippen LogP contribution in [0.3, 0.4) is 0 Å². The Morgan fingerprint density at radius 1 is 1.32 bits per heavy atom. The molecule has 1 N–H and O–H groups in total. The van der Waals surface area contributed by atoms with E-state index in [4.69, 9.17) is 0 Å². The maximum Gasteiger partial charge on any atom is 0.243 e. The summed E-state index contributed by atoms with van der Waals surface area (Å²) in [5, 5.41) is 3.42. The average molecular weight is 310 g/mol. The minimum Gasteiger partial charge on any atom is -0.356 e. The summed E-state index contributed by atoms with van der Waals surface area (Å²) in [5.41, 5.74) is 0.368. The molecule has 22 heavy (non-hydrogen) atoms. The molecule has 1 amide bonds. The van der Waals surface area contributed by atoms with Gasteiger partial charge in [-0.1, -0.05) is 27.2 Å². The summed E-state index contributed by atoms with van der Waals surface area (Å²) in [5.74, 6) is 0.947. The number of carbonyl (C=O) groups is 1. The highest BCUT2D eigenvalue weighted by atomic mass is 16.2. The van der Waals surface area contributed by atoms with Crippen LogP contribution in [-0.2, 0) is 4.79 Å². The van der Waals surface area contributed by atoms with Crippen LogP contribution in [0.2, 0.25) is 0 Å². The van der Waals surface area contributed by atoms with Gasteiger partial charge in [-0.25, -0.2) is 4.99 Å². The Hall–Kier alpha value is -1.26. The molecular weight excluding hydrogens is 276 g/mol. The highest BCUT2D eigenvalue weighted by Gasteiger charge is 2.31. The van der Waals surface area contributed by atoms with Crippen molar-refractivity contribution in [2.45, 2.75) is 52.9 Å². The van der Waals surface area contributed by atoms with Crippen LogP contribution < -0.4 is 5.32 Å². The lowest BCUT2D eigenvalue weighted by Crippen LogP contribution is -2.50. The van der Waals surface area contributed by atoms with Crippen molar-refractivity contribution in [2.24, 2.45) is 10.4 Å². The van der Waals surface area contributed by atoms with Gasteiger partial charge in [0.05, 0.1) is 0 Å². The summed E-state index contributed by atoms with van der Waals surface area (Å²) in [7, 11) is 3.55. The van der Waals surface area contributed by atoms with Crippen molar-refractivity contribution in [2.75, 3.05) is 40.3 Å². The third-order valence-corrected chi connectivity index (χ3v) is 4.33. The number of carbonyl (C=O) groups excluding carboxylic acids is 1. The van der Waals surface area contributed by atoms with E-state index in [0.29, 0.717) is 5.41 Å². The van der Waals surface area contributed by atoms with Crippen molar-refractivity contribution in [3.05, 3.63) is 0 Å². The molecule has 1 atom stereocenters. The number of guanidine groups is 1. The number of hydrogen-bond donors (Lipinski definition) is 1. The van der Waals surface area contributed by atoms with Gasteiger partial charge in [0.15, 0.2) is 5.96 Å². The van der Waals surface area contributed by atoms with Crippen LogP contribution in [0.4, 0.5) is 0 Å². The number of hydrogen-bond acceptors (Lipinski definition) is 2. The second kappa shape index (κ2) is 9.01. The van der Waals surface area contributed by atoms with Crippen molar-refractivity contribution in [1.29, 1.82) is 0 Å². The van der Waals surface area contributed by atoms with Crippen LogP contribution in [0.15, 0.2) is 4.99 Å². The molecule has 5 nitrogen and oxygen atoms in total. The third kappa shape index (κ3) is 5.85. The molecule has 5 heteroatoms. The van der Waals surface area contributed by atoms with Crippen molar-refractivity contribution >= 4 is 11.9 Å². The molecule has 0 aromatic carbocycles. The summed E-state index contributed by atoms with van der Waals surface area (Å²) in [4.78, 5) is 20.3. The van der Waals surface area contributed by atoms with Gasteiger partial charge in [-0.15, -0.1) is 0 Å². The minimum atomic E-state index is 0.0455. The second-order valence-electron chi connectivity index (χ2n) is 6.94. The molecule has 0 aliphatic carbocycles. The SMILES string of the molecule is CCCNC(=NCC(=O)N(C)C)N1CCCC(C)(CCC)C1. The molecule has 1 unspecified atom stereocenters. The van der Waals surface area contributed by atoms with E-state index in [2.05, 4.69) is 36.0 Å². The number of nitrogens with zero attached hydrogens (tertiary/aromatic N) is 3. The Bertz CT molecular complexity index is 377. The average Bonchev–Trinajstić information content (AvgIpc) is 2.46. The first-order valence-corrected chi connectivity index (χ1v) is 8.65. The molecule has 1 fully saturated rings. The highest BCUT2D eigenvalue weighted by molar-refractivity contribution is 5.84. The Kier molecular flexibility index (Phi) is 7.69. The summed E-state index contributed by atoms with van der Waals surface area (Å²) in [6, 6.07) is 0. The highest BCUT2D eigenvalue weighted by Crippen LogP contribution is 2.33. The number of nitrogens with one attached hydrogen (secondary N) is 1. The van der Waals surface area contributed by atoms with Gasteiger partial charge in [-0.2, -0.15) is 0 Å². The second-order valence-corrected chi connectivity index (χ2v) is 6.94. The Morgan fingerprint density at radius 3 is 2.64 bits per heavy atom. The van der Waals surface area contributed by atoms with Gasteiger partial charge < -0.3 is 15.1 Å². The quantitative estimate of drug-likeness (QED) is 0.605. The number of piperidine rings is 1. The van der Waals surface area contributed by atoms with E-state index < -0.39 is 0 Å². The fourth-order valence-electron chi connectivity index (χ4n) is 3.09. The fourth-order valence-corrected chi connectivity index (χ4v) is 3.09. The molecule has 0 aromatic heterocycles. The molecule has 0 saturated carbocycles. The van der Waals surface area contributed by atoms with E-state index in [1.807, 2.05) is 0 Å². The molecule has 1 saturated heterocycles. The maximum atomic E-state index is 11.8. The fraction of sp³-hybridized carbons (Fsp3) is 0.882. The van der Waals surface area contributed by atoms with Crippen LogP contribution in [0.25, 0.3) is 0 Å². The van der Waals surface area contributed by atoms with E-state index >= 15 is 0 Å². The molecular formula is C17H34N4O. The van der Waals surface area contributed by atoms with Gasteiger partial charge in [-0.3, -0.25) is 4.79 Å². The van der Waals surface area contributed by atoms with E-state index in [9.17, 15) is 4.79 Å². The van der Waals surface area contributed by atoms with Gasteiger partial charge in [-0.05, 0) is 31.1 Å². The summed E-state index contributed by atoms with van der Waals surface area (Å²) < 4.78 is 0. The molecule has 0 bridgehead atoms. The molecule has 0 radical (unpaired) electrons. The smallest absolute Gasteiger partial charge is 0.243 e. The first-order valence-electron chi connectivity index (χ1n) is 8.65. The van der Waals surface area contributed by atoms with Crippen molar-refractivity contribution in [1.82, 2.24) is 15.1 Å². The Balaban J connectivity index is 2.77. The van der Waals surface area contributed by atoms with E-state index in [1.165, 1.54) is 25.7 Å². The van der Waals surface area contributed by atoms with Crippen molar-refractivity contribution in [3.63, 3.8) is 0 Å². The number of aliphatic imine (C=N–C) groups is 1. The maximum absolute atomic E-state index is 11.8. The molecule has 128 valence electrons. The molecule has 1 heterocycles. The zero-order valence-electron chi connectivity index (χ0n) is 15.1. The normalized spacial score (nSPS) is 22.6. The van der Waals surface area contributed by atoms with Gasteiger partial charge in [0.1, 0.15) is 6.54 Å². The van der Waals surface area contributed by atoms with Crippen LogP contribution in [0, 0.1) is 5.41 Å². The number of rotatable bonds is 6. The predicted molar refractivity (Wildman–Crippen MR) is 93.1 cm³/mol. The summed E-state index contributed by atoms with van der Waals surface area (Å²) >= 11 is 0.